The fraction of sp³-hybridized carbons (Fsp3) is 0.316. The van der Waals surface area contributed by atoms with Gasteiger partial charge >= 0.3 is 6.18 Å². The summed E-state index contributed by atoms with van der Waals surface area (Å²) in [6, 6.07) is 14.3. The van der Waals surface area contributed by atoms with Crippen LogP contribution in [0.25, 0.3) is 0 Å². The molecular formula is C19H19F3N2O2. The van der Waals surface area contributed by atoms with Gasteiger partial charge in [-0.25, -0.2) is 0 Å². The number of hydrogen-bond donors (Lipinski definition) is 0. The number of anilines is 1. The maximum Gasteiger partial charge on any atom is 0.416 e. The molecule has 0 aliphatic carbocycles. The summed E-state index contributed by atoms with van der Waals surface area (Å²) in [5.74, 6) is 0.501. The molecule has 0 bridgehead atoms. The lowest BCUT2D eigenvalue weighted by Crippen LogP contribution is -2.50. The van der Waals surface area contributed by atoms with Crippen LogP contribution in [0, 0.1) is 0 Å². The highest BCUT2D eigenvalue weighted by Gasteiger charge is 2.31. The van der Waals surface area contributed by atoms with Crippen molar-refractivity contribution in [2.75, 3.05) is 37.7 Å². The highest BCUT2D eigenvalue weighted by Crippen LogP contribution is 2.31. The Labute approximate surface area is 149 Å². The first kappa shape index (κ1) is 18.1. The standard InChI is InChI=1S/C19H19F3N2O2/c20-19(21,22)15-5-4-6-16(13-15)23-9-11-24(12-10-23)18(25)14-26-17-7-2-1-3-8-17/h1-8,13H,9-12,14H2. The summed E-state index contributed by atoms with van der Waals surface area (Å²) < 4.78 is 44.0. The minimum Gasteiger partial charge on any atom is -0.484 e. The first-order valence-electron chi connectivity index (χ1n) is 8.31. The van der Waals surface area contributed by atoms with E-state index in [4.69, 9.17) is 4.74 Å². The Morgan fingerprint density at radius 1 is 0.962 bits per heavy atom. The number of carbonyl (C=O) groups excluding carboxylic acids is 1. The molecule has 0 radical (unpaired) electrons. The molecule has 2 aromatic carbocycles. The maximum absolute atomic E-state index is 12.8. The van der Waals surface area contributed by atoms with Crippen molar-refractivity contribution < 1.29 is 22.7 Å². The van der Waals surface area contributed by atoms with E-state index in [9.17, 15) is 18.0 Å². The molecule has 1 fully saturated rings. The van der Waals surface area contributed by atoms with Crippen molar-refractivity contribution in [2.45, 2.75) is 6.18 Å². The number of piperazine rings is 1. The number of halogens is 3. The van der Waals surface area contributed by atoms with E-state index < -0.39 is 11.7 Å². The number of amides is 1. The van der Waals surface area contributed by atoms with Gasteiger partial charge in [-0.2, -0.15) is 13.2 Å². The molecule has 1 aliphatic heterocycles. The third-order valence-electron chi connectivity index (χ3n) is 4.28. The minimum atomic E-state index is -4.36. The van der Waals surface area contributed by atoms with Gasteiger partial charge in [-0.3, -0.25) is 4.79 Å². The number of hydrogen-bond acceptors (Lipinski definition) is 3. The highest BCUT2D eigenvalue weighted by atomic mass is 19.4. The van der Waals surface area contributed by atoms with Crippen LogP contribution in [0.3, 0.4) is 0 Å². The molecule has 0 atom stereocenters. The van der Waals surface area contributed by atoms with Crippen molar-refractivity contribution in [3.63, 3.8) is 0 Å². The molecule has 0 aromatic heterocycles. The Kier molecular flexibility index (Phi) is 5.35. The molecule has 7 heteroatoms. The van der Waals surface area contributed by atoms with Gasteiger partial charge < -0.3 is 14.5 Å². The van der Waals surface area contributed by atoms with Crippen LogP contribution in [-0.4, -0.2) is 43.6 Å². The first-order chi connectivity index (χ1) is 12.4. The summed E-state index contributed by atoms with van der Waals surface area (Å²) in [7, 11) is 0. The molecular weight excluding hydrogens is 345 g/mol. The fourth-order valence-electron chi connectivity index (χ4n) is 2.85. The average Bonchev–Trinajstić information content (AvgIpc) is 2.66. The molecule has 1 amide bonds. The van der Waals surface area contributed by atoms with Crippen molar-refractivity contribution in [3.05, 3.63) is 60.2 Å². The number of para-hydroxylation sites is 1. The van der Waals surface area contributed by atoms with Crippen LogP contribution in [0.4, 0.5) is 18.9 Å². The monoisotopic (exact) mass is 364 g/mol. The number of alkyl halides is 3. The van der Waals surface area contributed by atoms with Crippen molar-refractivity contribution in [2.24, 2.45) is 0 Å². The van der Waals surface area contributed by atoms with Gasteiger partial charge in [0, 0.05) is 31.9 Å². The number of ether oxygens (including phenoxy) is 1. The van der Waals surface area contributed by atoms with E-state index in [0.29, 0.717) is 37.6 Å². The average molecular weight is 364 g/mol. The van der Waals surface area contributed by atoms with Crippen LogP contribution in [0.5, 0.6) is 5.75 Å². The molecule has 0 unspecified atom stereocenters. The Morgan fingerprint density at radius 3 is 2.31 bits per heavy atom. The van der Waals surface area contributed by atoms with E-state index in [0.717, 1.165) is 12.1 Å². The normalized spacial score (nSPS) is 15.0. The Balaban J connectivity index is 1.53. The maximum atomic E-state index is 12.8. The van der Waals surface area contributed by atoms with Crippen molar-refractivity contribution in [1.29, 1.82) is 0 Å². The van der Waals surface area contributed by atoms with E-state index >= 15 is 0 Å². The molecule has 138 valence electrons. The number of nitrogens with zero attached hydrogens (tertiary/aromatic N) is 2. The van der Waals surface area contributed by atoms with E-state index in [1.807, 2.05) is 23.1 Å². The van der Waals surface area contributed by atoms with Gasteiger partial charge in [0.05, 0.1) is 5.56 Å². The van der Waals surface area contributed by atoms with Crippen LogP contribution in [0.15, 0.2) is 54.6 Å². The summed E-state index contributed by atoms with van der Waals surface area (Å²) in [5, 5.41) is 0. The van der Waals surface area contributed by atoms with Gasteiger partial charge in [-0.05, 0) is 30.3 Å². The lowest BCUT2D eigenvalue weighted by Gasteiger charge is -2.36. The van der Waals surface area contributed by atoms with Gasteiger partial charge in [0.2, 0.25) is 0 Å². The molecule has 0 N–H and O–H groups in total. The summed E-state index contributed by atoms with van der Waals surface area (Å²) in [6.45, 7) is 1.82. The van der Waals surface area contributed by atoms with Crippen LogP contribution in [-0.2, 0) is 11.0 Å². The van der Waals surface area contributed by atoms with Gasteiger partial charge in [-0.15, -0.1) is 0 Å². The largest absolute Gasteiger partial charge is 0.484 e. The molecule has 4 nitrogen and oxygen atoms in total. The zero-order chi connectivity index (χ0) is 18.6. The number of carbonyl (C=O) groups is 1. The molecule has 0 spiro atoms. The molecule has 2 aromatic rings. The van der Waals surface area contributed by atoms with Gasteiger partial charge in [0.25, 0.3) is 5.91 Å². The lowest BCUT2D eigenvalue weighted by molar-refractivity contribution is -0.137. The van der Waals surface area contributed by atoms with Crippen LogP contribution >= 0.6 is 0 Å². The number of benzene rings is 2. The molecule has 3 rings (SSSR count). The van der Waals surface area contributed by atoms with Crippen molar-refractivity contribution in [3.8, 4) is 5.75 Å². The van der Waals surface area contributed by atoms with E-state index in [1.54, 1.807) is 23.1 Å². The van der Waals surface area contributed by atoms with E-state index in [-0.39, 0.29) is 12.5 Å². The van der Waals surface area contributed by atoms with E-state index in [2.05, 4.69) is 0 Å². The smallest absolute Gasteiger partial charge is 0.416 e. The Bertz CT molecular complexity index is 742. The van der Waals surface area contributed by atoms with Crippen molar-refractivity contribution in [1.82, 2.24) is 4.90 Å². The molecule has 26 heavy (non-hydrogen) atoms. The fourth-order valence-corrected chi connectivity index (χ4v) is 2.85. The SMILES string of the molecule is O=C(COc1ccccc1)N1CCN(c2cccc(C(F)(F)F)c2)CC1. The highest BCUT2D eigenvalue weighted by molar-refractivity contribution is 5.78. The van der Waals surface area contributed by atoms with Crippen molar-refractivity contribution >= 4 is 11.6 Å². The van der Waals surface area contributed by atoms with Gasteiger partial charge in [-0.1, -0.05) is 24.3 Å². The topological polar surface area (TPSA) is 32.8 Å². The summed E-state index contributed by atoms with van der Waals surface area (Å²) in [4.78, 5) is 15.8. The molecule has 1 heterocycles. The number of rotatable bonds is 4. The second-order valence-corrected chi connectivity index (χ2v) is 6.02. The van der Waals surface area contributed by atoms with Gasteiger partial charge in [0.15, 0.2) is 6.61 Å². The zero-order valence-electron chi connectivity index (χ0n) is 14.1. The quantitative estimate of drug-likeness (QED) is 0.833. The Hall–Kier alpha value is -2.70. The zero-order valence-corrected chi connectivity index (χ0v) is 14.1. The third kappa shape index (κ3) is 4.47. The second-order valence-electron chi connectivity index (χ2n) is 6.02. The lowest BCUT2D eigenvalue weighted by atomic mass is 10.1. The summed E-state index contributed by atoms with van der Waals surface area (Å²) >= 11 is 0. The Morgan fingerprint density at radius 2 is 1.65 bits per heavy atom. The molecule has 1 aliphatic rings. The third-order valence-corrected chi connectivity index (χ3v) is 4.28. The van der Waals surface area contributed by atoms with Gasteiger partial charge in [0.1, 0.15) is 5.75 Å². The van der Waals surface area contributed by atoms with Crippen LogP contribution < -0.4 is 9.64 Å². The predicted molar refractivity (Wildman–Crippen MR) is 92.2 cm³/mol. The predicted octanol–water partition coefficient (Wildman–Crippen LogP) is 3.43. The van der Waals surface area contributed by atoms with Crippen LogP contribution in [0.2, 0.25) is 0 Å². The first-order valence-corrected chi connectivity index (χ1v) is 8.31. The van der Waals surface area contributed by atoms with E-state index in [1.165, 1.54) is 6.07 Å². The van der Waals surface area contributed by atoms with Crippen LogP contribution in [0.1, 0.15) is 5.56 Å². The molecule has 0 saturated carbocycles. The minimum absolute atomic E-state index is 0.0480. The summed E-state index contributed by atoms with van der Waals surface area (Å²) in [6.07, 6.45) is -4.36. The summed E-state index contributed by atoms with van der Waals surface area (Å²) in [5.41, 5.74) is -0.141. The second kappa shape index (κ2) is 7.68. The molecule has 1 saturated heterocycles.